The number of aliphatic imine (C=N–C) groups is 1. The molecule has 1 unspecified atom stereocenters. The first-order valence-electron chi connectivity index (χ1n) is 9.00. The topological polar surface area (TPSA) is 48.9 Å². The van der Waals surface area contributed by atoms with E-state index >= 15 is 0 Å². The number of morpholine rings is 1. The highest BCUT2D eigenvalue weighted by molar-refractivity contribution is 14.0. The maximum Gasteiger partial charge on any atom is 0.191 e. The molecule has 24 heavy (non-hydrogen) atoms. The van der Waals surface area contributed by atoms with E-state index in [0.717, 1.165) is 45.4 Å². The number of ether oxygens (including phenoxy) is 1. The summed E-state index contributed by atoms with van der Waals surface area (Å²) in [6.07, 6.45) is 8.79. The van der Waals surface area contributed by atoms with Gasteiger partial charge in [-0.15, -0.1) is 24.0 Å². The Bertz CT molecular complexity index is 372. The monoisotopic (exact) mass is 470 g/mol. The molecule has 0 aromatic rings. The van der Waals surface area contributed by atoms with Gasteiger partial charge in [0.25, 0.3) is 0 Å². The Morgan fingerprint density at radius 1 is 1.21 bits per heavy atom. The number of nitrogens with zero attached hydrogens (tertiary/aromatic N) is 2. The van der Waals surface area contributed by atoms with Crippen molar-refractivity contribution in [3.8, 4) is 0 Å². The van der Waals surface area contributed by atoms with Crippen LogP contribution in [0.3, 0.4) is 0 Å². The number of nitrogens with one attached hydrogen (secondary N) is 2. The molecule has 0 aromatic heterocycles. The van der Waals surface area contributed by atoms with E-state index in [2.05, 4.69) is 33.7 Å². The first-order chi connectivity index (χ1) is 11.2. The summed E-state index contributed by atoms with van der Waals surface area (Å²) in [6, 6.07) is 0. The average Bonchev–Trinajstić information content (AvgIpc) is 2.63. The van der Waals surface area contributed by atoms with Crippen LogP contribution in [0.2, 0.25) is 0 Å². The van der Waals surface area contributed by atoms with Gasteiger partial charge in [0.2, 0.25) is 0 Å². The van der Waals surface area contributed by atoms with Crippen molar-refractivity contribution in [2.45, 2.75) is 49.8 Å². The molecule has 1 aliphatic carbocycles. The van der Waals surface area contributed by atoms with Crippen LogP contribution in [-0.4, -0.2) is 74.3 Å². The zero-order valence-electron chi connectivity index (χ0n) is 15.5. The van der Waals surface area contributed by atoms with Gasteiger partial charge in [0, 0.05) is 44.0 Å². The lowest BCUT2D eigenvalue weighted by Gasteiger charge is -2.48. The molecule has 7 heteroatoms. The quantitative estimate of drug-likeness (QED) is 0.355. The molecule has 0 spiro atoms. The Hall–Kier alpha value is 0.270. The molecule has 0 bridgehead atoms. The molecule has 1 atom stereocenters. The molecule has 1 saturated heterocycles. The third-order valence-electron chi connectivity index (χ3n) is 5.23. The van der Waals surface area contributed by atoms with Gasteiger partial charge in [0.05, 0.1) is 13.2 Å². The minimum atomic E-state index is 0. The highest BCUT2D eigenvalue weighted by Gasteiger charge is 2.38. The summed E-state index contributed by atoms with van der Waals surface area (Å²) in [6.45, 7) is 8.06. The Balaban J connectivity index is 0.00000288. The summed E-state index contributed by atoms with van der Waals surface area (Å²) < 4.78 is 5.56. The SMILES string of the molecule is CN=C(NCC(C)SC)NCC1(N2CCOCC2)CCCCC1.I. The molecule has 2 aliphatic rings. The molecule has 0 radical (unpaired) electrons. The molecule has 1 heterocycles. The van der Waals surface area contributed by atoms with Crippen molar-refractivity contribution >= 4 is 41.7 Å². The van der Waals surface area contributed by atoms with Crippen molar-refractivity contribution < 1.29 is 4.74 Å². The van der Waals surface area contributed by atoms with E-state index in [0.29, 0.717) is 5.25 Å². The molecule has 1 saturated carbocycles. The molecular formula is C17H35IN4OS. The van der Waals surface area contributed by atoms with Gasteiger partial charge in [-0.1, -0.05) is 26.2 Å². The van der Waals surface area contributed by atoms with Crippen LogP contribution in [0.15, 0.2) is 4.99 Å². The lowest BCUT2D eigenvalue weighted by Crippen LogP contribution is -2.60. The fraction of sp³-hybridized carbons (Fsp3) is 0.941. The number of guanidine groups is 1. The molecule has 142 valence electrons. The Labute approximate surface area is 169 Å². The van der Waals surface area contributed by atoms with Crippen LogP contribution in [0.25, 0.3) is 0 Å². The van der Waals surface area contributed by atoms with Crippen molar-refractivity contribution in [2.24, 2.45) is 4.99 Å². The molecule has 0 amide bonds. The van der Waals surface area contributed by atoms with Gasteiger partial charge in [-0.25, -0.2) is 0 Å². The number of halogens is 1. The van der Waals surface area contributed by atoms with Gasteiger partial charge < -0.3 is 15.4 Å². The minimum absolute atomic E-state index is 0. The van der Waals surface area contributed by atoms with Crippen LogP contribution in [-0.2, 0) is 4.74 Å². The summed E-state index contributed by atoms with van der Waals surface area (Å²) in [5.41, 5.74) is 0.283. The summed E-state index contributed by atoms with van der Waals surface area (Å²) in [5, 5.41) is 7.65. The van der Waals surface area contributed by atoms with E-state index in [1.165, 1.54) is 32.1 Å². The second-order valence-electron chi connectivity index (χ2n) is 6.74. The predicted octanol–water partition coefficient (Wildman–Crippen LogP) is 2.56. The van der Waals surface area contributed by atoms with Crippen LogP contribution in [0, 0.1) is 0 Å². The third kappa shape index (κ3) is 6.53. The van der Waals surface area contributed by atoms with Gasteiger partial charge >= 0.3 is 0 Å². The Kier molecular flexibility index (Phi) is 11.0. The van der Waals surface area contributed by atoms with E-state index in [9.17, 15) is 0 Å². The van der Waals surface area contributed by atoms with Crippen molar-refractivity contribution in [3.05, 3.63) is 0 Å². The molecule has 2 fully saturated rings. The zero-order chi connectivity index (χ0) is 16.5. The van der Waals surface area contributed by atoms with Gasteiger partial charge in [0.1, 0.15) is 0 Å². The van der Waals surface area contributed by atoms with Gasteiger partial charge in [-0.3, -0.25) is 9.89 Å². The van der Waals surface area contributed by atoms with Crippen molar-refractivity contribution in [1.29, 1.82) is 0 Å². The van der Waals surface area contributed by atoms with Gasteiger partial charge in [-0.05, 0) is 19.1 Å². The van der Waals surface area contributed by atoms with Crippen LogP contribution >= 0.6 is 35.7 Å². The highest BCUT2D eigenvalue weighted by atomic mass is 127. The average molecular weight is 470 g/mol. The second kappa shape index (κ2) is 11.8. The highest BCUT2D eigenvalue weighted by Crippen LogP contribution is 2.33. The van der Waals surface area contributed by atoms with Gasteiger partial charge in [-0.2, -0.15) is 11.8 Å². The molecule has 2 rings (SSSR count). The van der Waals surface area contributed by atoms with E-state index in [4.69, 9.17) is 4.74 Å². The Morgan fingerprint density at radius 2 is 1.88 bits per heavy atom. The van der Waals surface area contributed by atoms with Crippen molar-refractivity contribution in [3.63, 3.8) is 0 Å². The van der Waals surface area contributed by atoms with E-state index < -0.39 is 0 Å². The second-order valence-corrected chi connectivity index (χ2v) is 8.01. The zero-order valence-corrected chi connectivity index (χ0v) is 18.6. The molecular weight excluding hydrogens is 435 g/mol. The van der Waals surface area contributed by atoms with Gasteiger partial charge in [0.15, 0.2) is 5.96 Å². The number of thioether (sulfide) groups is 1. The standard InChI is InChI=1S/C17H34N4OS.HI/c1-15(23-3)13-19-16(18-2)20-14-17(7-5-4-6-8-17)21-9-11-22-12-10-21;/h15H,4-14H2,1-3H3,(H2,18,19,20);1H. The predicted molar refractivity (Wildman–Crippen MR) is 116 cm³/mol. The maximum atomic E-state index is 5.56. The summed E-state index contributed by atoms with van der Waals surface area (Å²) in [4.78, 5) is 7.06. The third-order valence-corrected chi connectivity index (χ3v) is 6.21. The van der Waals surface area contributed by atoms with Crippen LogP contribution < -0.4 is 10.6 Å². The molecule has 1 aliphatic heterocycles. The van der Waals surface area contributed by atoms with Crippen molar-refractivity contribution in [1.82, 2.24) is 15.5 Å². The number of rotatable bonds is 6. The van der Waals surface area contributed by atoms with E-state index in [-0.39, 0.29) is 29.5 Å². The maximum absolute atomic E-state index is 5.56. The van der Waals surface area contributed by atoms with Crippen molar-refractivity contribution in [2.75, 3.05) is 52.7 Å². The van der Waals surface area contributed by atoms with E-state index in [1.807, 2.05) is 18.8 Å². The van der Waals surface area contributed by atoms with E-state index in [1.54, 1.807) is 0 Å². The summed E-state index contributed by atoms with van der Waals surface area (Å²) >= 11 is 1.88. The largest absolute Gasteiger partial charge is 0.379 e. The smallest absolute Gasteiger partial charge is 0.191 e. The van der Waals surface area contributed by atoms with Crippen LogP contribution in [0.5, 0.6) is 0 Å². The minimum Gasteiger partial charge on any atom is -0.379 e. The Morgan fingerprint density at radius 3 is 2.46 bits per heavy atom. The fourth-order valence-electron chi connectivity index (χ4n) is 3.64. The molecule has 5 nitrogen and oxygen atoms in total. The number of hydrogen-bond acceptors (Lipinski definition) is 4. The molecule has 2 N–H and O–H groups in total. The lowest BCUT2D eigenvalue weighted by molar-refractivity contribution is -0.0352. The lowest BCUT2D eigenvalue weighted by atomic mass is 9.80. The summed E-state index contributed by atoms with van der Waals surface area (Å²) in [5.74, 6) is 0.934. The first-order valence-corrected chi connectivity index (χ1v) is 10.3. The number of hydrogen-bond donors (Lipinski definition) is 2. The van der Waals surface area contributed by atoms with Crippen LogP contribution in [0.1, 0.15) is 39.0 Å². The molecule has 0 aromatic carbocycles. The first kappa shape index (κ1) is 22.3. The van der Waals surface area contributed by atoms with Crippen LogP contribution in [0.4, 0.5) is 0 Å². The fourth-order valence-corrected chi connectivity index (χ4v) is 3.89. The normalized spacial score (nSPS) is 23.2. The summed E-state index contributed by atoms with van der Waals surface area (Å²) in [7, 11) is 1.86.